The van der Waals surface area contributed by atoms with E-state index in [9.17, 15) is 0 Å². The predicted molar refractivity (Wildman–Crippen MR) is 53.4 cm³/mol. The van der Waals surface area contributed by atoms with Gasteiger partial charge in [0, 0.05) is 26.2 Å². The predicted octanol–water partition coefficient (Wildman–Crippen LogP) is 2.00. The molecule has 0 aliphatic rings. The maximum atomic E-state index is 5.06. The molecule has 0 amide bonds. The lowest BCUT2D eigenvalue weighted by Gasteiger charge is -2.27. The highest BCUT2D eigenvalue weighted by Crippen LogP contribution is 2.03. The van der Waals surface area contributed by atoms with Crippen molar-refractivity contribution in [3.8, 4) is 0 Å². The van der Waals surface area contributed by atoms with Crippen LogP contribution >= 0.6 is 0 Å². The molecule has 0 bridgehead atoms. The molecule has 0 spiro atoms. The second-order valence-corrected chi connectivity index (χ2v) is 3.98. The van der Waals surface area contributed by atoms with Crippen LogP contribution in [0.5, 0.6) is 0 Å². The third kappa shape index (κ3) is 5.56. The molecule has 0 aliphatic carbocycles. The van der Waals surface area contributed by atoms with Gasteiger partial charge in [0.2, 0.25) is 0 Å². The van der Waals surface area contributed by atoms with Gasteiger partial charge in [0.05, 0.1) is 6.61 Å². The Morgan fingerprint density at radius 2 is 1.75 bits per heavy atom. The lowest BCUT2D eigenvalue weighted by molar-refractivity contribution is 0.120. The van der Waals surface area contributed by atoms with Crippen LogP contribution in [0.15, 0.2) is 0 Å². The standard InChI is InChI=1S/C10H23NO/c1-9(2)8-11(10(3)4)6-7-12-5/h9-10H,6-8H2,1-5H3. The van der Waals surface area contributed by atoms with E-state index in [4.69, 9.17) is 4.74 Å². The van der Waals surface area contributed by atoms with Crippen LogP contribution in [-0.4, -0.2) is 37.7 Å². The van der Waals surface area contributed by atoms with Crippen LogP contribution < -0.4 is 0 Å². The van der Waals surface area contributed by atoms with Crippen molar-refractivity contribution in [1.29, 1.82) is 0 Å². The summed E-state index contributed by atoms with van der Waals surface area (Å²) < 4.78 is 5.06. The second kappa shape index (κ2) is 6.44. The number of hydrogen-bond donors (Lipinski definition) is 0. The number of nitrogens with zero attached hydrogens (tertiary/aromatic N) is 1. The van der Waals surface area contributed by atoms with Gasteiger partial charge in [-0.05, 0) is 19.8 Å². The van der Waals surface area contributed by atoms with E-state index < -0.39 is 0 Å². The van der Waals surface area contributed by atoms with E-state index in [-0.39, 0.29) is 0 Å². The van der Waals surface area contributed by atoms with Gasteiger partial charge >= 0.3 is 0 Å². The van der Waals surface area contributed by atoms with E-state index in [1.807, 2.05) is 0 Å². The molecule has 0 saturated carbocycles. The first-order valence-electron chi connectivity index (χ1n) is 4.81. The summed E-state index contributed by atoms with van der Waals surface area (Å²) in [6, 6.07) is 0.627. The molecule has 0 fully saturated rings. The van der Waals surface area contributed by atoms with E-state index in [1.165, 1.54) is 6.54 Å². The molecule has 0 radical (unpaired) electrons. The van der Waals surface area contributed by atoms with Gasteiger partial charge in [0.1, 0.15) is 0 Å². The van der Waals surface area contributed by atoms with Crippen LogP contribution in [0.25, 0.3) is 0 Å². The van der Waals surface area contributed by atoms with Crippen LogP contribution in [0.3, 0.4) is 0 Å². The summed E-state index contributed by atoms with van der Waals surface area (Å²) in [6.45, 7) is 12.0. The average molecular weight is 173 g/mol. The van der Waals surface area contributed by atoms with Gasteiger partial charge in [-0.1, -0.05) is 13.8 Å². The summed E-state index contributed by atoms with van der Waals surface area (Å²) >= 11 is 0. The maximum Gasteiger partial charge on any atom is 0.0589 e. The molecule has 12 heavy (non-hydrogen) atoms. The lowest BCUT2D eigenvalue weighted by Crippen LogP contribution is -2.36. The molecule has 2 nitrogen and oxygen atoms in total. The summed E-state index contributed by atoms with van der Waals surface area (Å²) in [5, 5.41) is 0. The summed E-state index contributed by atoms with van der Waals surface area (Å²) in [4.78, 5) is 2.45. The molecule has 0 aliphatic heterocycles. The first-order chi connectivity index (χ1) is 5.57. The van der Waals surface area contributed by atoms with E-state index in [0.29, 0.717) is 6.04 Å². The van der Waals surface area contributed by atoms with Crippen LogP contribution in [-0.2, 0) is 4.74 Å². The molecule has 0 saturated heterocycles. The Labute approximate surface area is 76.9 Å². The van der Waals surface area contributed by atoms with Gasteiger partial charge in [-0.25, -0.2) is 0 Å². The molecule has 0 aromatic heterocycles. The summed E-state index contributed by atoms with van der Waals surface area (Å²) in [5.41, 5.74) is 0. The van der Waals surface area contributed by atoms with E-state index in [0.717, 1.165) is 19.1 Å². The summed E-state index contributed by atoms with van der Waals surface area (Å²) in [7, 11) is 1.76. The molecular weight excluding hydrogens is 150 g/mol. The normalized spacial score (nSPS) is 12.0. The summed E-state index contributed by atoms with van der Waals surface area (Å²) in [6.07, 6.45) is 0. The van der Waals surface area contributed by atoms with E-state index in [1.54, 1.807) is 7.11 Å². The van der Waals surface area contributed by atoms with Crippen molar-refractivity contribution in [1.82, 2.24) is 4.90 Å². The van der Waals surface area contributed by atoms with Gasteiger partial charge in [-0.15, -0.1) is 0 Å². The van der Waals surface area contributed by atoms with Crippen LogP contribution in [0.2, 0.25) is 0 Å². The minimum atomic E-state index is 0.627. The molecule has 0 N–H and O–H groups in total. The average Bonchev–Trinajstić information content (AvgIpc) is 1.96. The van der Waals surface area contributed by atoms with Crippen molar-refractivity contribution >= 4 is 0 Å². The fourth-order valence-corrected chi connectivity index (χ4v) is 1.24. The molecular formula is C10H23NO. The minimum Gasteiger partial charge on any atom is -0.383 e. The monoisotopic (exact) mass is 173 g/mol. The number of hydrogen-bond acceptors (Lipinski definition) is 2. The first-order valence-corrected chi connectivity index (χ1v) is 4.81. The Kier molecular flexibility index (Phi) is 6.39. The first kappa shape index (κ1) is 11.9. The van der Waals surface area contributed by atoms with Crippen molar-refractivity contribution in [3.63, 3.8) is 0 Å². The Bertz CT molecular complexity index is 102. The Balaban J connectivity index is 3.70. The molecule has 0 unspecified atom stereocenters. The summed E-state index contributed by atoms with van der Waals surface area (Å²) in [5.74, 6) is 0.740. The Hall–Kier alpha value is -0.0800. The minimum absolute atomic E-state index is 0.627. The van der Waals surface area contributed by atoms with Gasteiger partial charge in [0.25, 0.3) is 0 Å². The molecule has 2 heteroatoms. The fraction of sp³-hybridized carbons (Fsp3) is 1.00. The molecule has 0 aromatic rings. The second-order valence-electron chi connectivity index (χ2n) is 3.98. The van der Waals surface area contributed by atoms with E-state index >= 15 is 0 Å². The SMILES string of the molecule is COCCN(CC(C)C)C(C)C. The van der Waals surface area contributed by atoms with Crippen LogP contribution in [0.1, 0.15) is 27.7 Å². The molecule has 0 heterocycles. The Morgan fingerprint density at radius 1 is 1.17 bits per heavy atom. The van der Waals surface area contributed by atoms with E-state index in [2.05, 4.69) is 32.6 Å². The van der Waals surface area contributed by atoms with Crippen molar-refractivity contribution in [2.75, 3.05) is 26.8 Å². The molecule has 0 rings (SSSR count). The number of rotatable bonds is 6. The zero-order valence-electron chi connectivity index (χ0n) is 9.13. The highest BCUT2D eigenvalue weighted by Gasteiger charge is 2.09. The van der Waals surface area contributed by atoms with Crippen molar-refractivity contribution in [2.45, 2.75) is 33.7 Å². The quantitative estimate of drug-likeness (QED) is 0.609. The van der Waals surface area contributed by atoms with Gasteiger partial charge in [-0.3, -0.25) is 4.90 Å². The van der Waals surface area contributed by atoms with Gasteiger partial charge in [-0.2, -0.15) is 0 Å². The van der Waals surface area contributed by atoms with Gasteiger partial charge < -0.3 is 4.74 Å². The fourth-order valence-electron chi connectivity index (χ4n) is 1.24. The lowest BCUT2D eigenvalue weighted by atomic mass is 10.2. The largest absolute Gasteiger partial charge is 0.383 e. The van der Waals surface area contributed by atoms with Crippen molar-refractivity contribution < 1.29 is 4.74 Å². The zero-order valence-corrected chi connectivity index (χ0v) is 9.13. The topological polar surface area (TPSA) is 12.5 Å². The maximum absolute atomic E-state index is 5.06. The Morgan fingerprint density at radius 3 is 2.08 bits per heavy atom. The smallest absolute Gasteiger partial charge is 0.0589 e. The molecule has 0 atom stereocenters. The highest BCUT2D eigenvalue weighted by molar-refractivity contribution is 4.63. The van der Waals surface area contributed by atoms with Crippen molar-refractivity contribution in [2.24, 2.45) is 5.92 Å². The van der Waals surface area contributed by atoms with Gasteiger partial charge in [0.15, 0.2) is 0 Å². The van der Waals surface area contributed by atoms with Crippen LogP contribution in [0.4, 0.5) is 0 Å². The third-order valence-electron chi connectivity index (χ3n) is 1.91. The number of ether oxygens (including phenoxy) is 1. The van der Waals surface area contributed by atoms with Crippen LogP contribution in [0, 0.1) is 5.92 Å². The molecule has 0 aromatic carbocycles. The number of methoxy groups -OCH3 is 1. The van der Waals surface area contributed by atoms with Crippen molar-refractivity contribution in [3.05, 3.63) is 0 Å². The zero-order chi connectivity index (χ0) is 9.56. The molecule has 74 valence electrons. The highest BCUT2D eigenvalue weighted by atomic mass is 16.5. The third-order valence-corrected chi connectivity index (χ3v) is 1.91.